The first-order chi connectivity index (χ1) is 11.0. The van der Waals surface area contributed by atoms with Crippen LogP contribution in [0.15, 0.2) is 24.3 Å². The highest BCUT2D eigenvalue weighted by Crippen LogP contribution is 2.12. The maximum absolute atomic E-state index is 12.8. The van der Waals surface area contributed by atoms with Crippen molar-refractivity contribution in [3.8, 4) is 0 Å². The van der Waals surface area contributed by atoms with E-state index in [1.807, 2.05) is 43.9 Å². The Morgan fingerprint density at radius 3 is 2.54 bits per heavy atom. The van der Waals surface area contributed by atoms with Gasteiger partial charge in [-0.05, 0) is 37.4 Å². The molecule has 1 saturated heterocycles. The lowest BCUT2D eigenvalue weighted by molar-refractivity contribution is -0.134. The van der Waals surface area contributed by atoms with Gasteiger partial charge < -0.3 is 15.5 Å². The molecule has 0 aliphatic carbocycles. The SMILES string of the molecule is Cc1ccccc1C(=O)NC(C(=O)N1CCCNCC1)C(C)C.Cl. The number of halogens is 1. The second-order valence-electron chi connectivity index (χ2n) is 6.44. The third kappa shape index (κ3) is 5.21. The summed E-state index contributed by atoms with van der Waals surface area (Å²) in [4.78, 5) is 27.2. The quantitative estimate of drug-likeness (QED) is 0.870. The monoisotopic (exact) mass is 353 g/mol. The van der Waals surface area contributed by atoms with Gasteiger partial charge in [-0.2, -0.15) is 0 Å². The van der Waals surface area contributed by atoms with Gasteiger partial charge in [-0.25, -0.2) is 0 Å². The fourth-order valence-corrected chi connectivity index (χ4v) is 2.82. The van der Waals surface area contributed by atoms with Crippen LogP contribution in [-0.2, 0) is 4.79 Å². The largest absolute Gasteiger partial charge is 0.340 e. The number of carbonyl (C=O) groups excluding carboxylic acids is 2. The zero-order chi connectivity index (χ0) is 16.8. The van der Waals surface area contributed by atoms with Gasteiger partial charge in [0.05, 0.1) is 0 Å². The number of carbonyl (C=O) groups is 2. The summed E-state index contributed by atoms with van der Waals surface area (Å²) in [5, 5.41) is 6.23. The van der Waals surface area contributed by atoms with Crippen molar-refractivity contribution in [2.45, 2.75) is 33.2 Å². The molecule has 6 heteroatoms. The lowest BCUT2D eigenvalue weighted by Crippen LogP contribution is -2.52. The fourth-order valence-electron chi connectivity index (χ4n) is 2.82. The van der Waals surface area contributed by atoms with Crippen LogP contribution in [0.4, 0.5) is 0 Å². The molecule has 1 aliphatic heterocycles. The lowest BCUT2D eigenvalue weighted by atomic mass is 10.0. The molecule has 134 valence electrons. The first-order valence-corrected chi connectivity index (χ1v) is 8.36. The number of benzene rings is 1. The van der Waals surface area contributed by atoms with E-state index in [0.717, 1.165) is 31.6 Å². The number of rotatable bonds is 4. The van der Waals surface area contributed by atoms with Crippen molar-refractivity contribution in [1.82, 2.24) is 15.5 Å². The fraction of sp³-hybridized carbons (Fsp3) is 0.556. The smallest absolute Gasteiger partial charge is 0.252 e. The average molecular weight is 354 g/mol. The summed E-state index contributed by atoms with van der Waals surface area (Å²) >= 11 is 0. The highest BCUT2D eigenvalue weighted by molar-refractivity contribution is 5.98. The van der Waals surface area contributed by atoms with Crippen molar-refractivity contribution in [2.24, 2.45) is 5.92 Å². The first kappa shape index (κ1) is 20.5. The summed E-state index contributed by atoms with van der Waals surface area (Å²) < 4.78 is 0. The minimum atomic E-state index is -0.486. The van der Waals surface area contributed by atoms with Gasteiger partial charge in [0, 0.05) is 25.2 Å². The maximum atomic E-state index is 12.8. The van der Waals surface area contributed by atoms with Crippen LogP contribution in [0.25, 0.3) is 0 Å². The van der Waals surface area contributed by atoms with Crippen LogP contribution in [0, 0.1) is 12.8 Å². The molecule has 1 heterocycles. The van der Waals surface area contributed by atoms with Crippen LogP contribution >= 0.6 is 12.4 Å². The molecule has 0 radical (unpaired) electrons. The Bertz CT molecular complexity index is 555. The third-order valence-electron chi connectivity index (χ3n) is 4.26. The van der Waals surface area contributed by atoms with E-state index in [0.29, 0.717) is 12.1 Å². The van der Waals surface area contributed by atoms with Crippen molar-refractivity contribution < 1.29 is 9.59 Å². The van der Waals surface area contributed by atoms with E-state index in [1.54, 1.807) is 6.07 Å². The topological polar surface area (TPSA) is 61.4 Å². The van der Waals surface area contributed by atoms with Gasteiger partial charge in [0.15, 0.2) is 0 Å². The zero-order valence-electron chi connectivity index (χ0n) is 14.7. The average Bonchev–Trinajstić information content (AvgIpc) is 2.81. The van der Waals surface area contributed by atoms with E-state index >= 15 is 0 Å². The van der Waals surface area contributed by atoms with E-state index < -0.39 is 6.04 Å². The van der Waals surface area contributed by atoms with Gasteiger partial charge in [-0.15, -0.1) is 12.4 Å². The molecule has 0 bridgehead atoms. The Morgan fingerprint density at radius 1 is 1.17 bits per heavy atom. The predicted molar refractivity (Wildman–Crippen MR) is 98.6 cm³/mol. The van der Waals surface area contributed by atoms with E-state index in [4.69, 9.17) is 0 Å². The number of hydrogen-bond donors (Lipinski definition) is 2. The minimum Gasteiger partial charge on any atom is -0.340 e. The molecule has 1 fully saturated rings. The molecule has 24 heavy (non-hydrogen) atoms. The van der Waals surface area contributed by atoms with Crippen LogP contribution in [0.1, 0.15) is 36.2 Å². The van der Waals surface area contributed by atoms with Crippen LogP contribution in [-0.4, -0.2) is 48.9 Å². The summed E-state index contributed by atoms with van der Waals surface area (Å²) in [6.07, 6.45) is 0.947. The Morgan fingerprint density at radius 2 is 1.88 bits per heavy atom. The molecule has 1 atom stereocenters. The first-order valence-electron chi connectivity index (χ1n) is 8.36. The normalized spacial score (nSPS) is 16.1. The molecule has 1 aliphatic rings. The van der Waals surface area contributed by atoms with Crippen molar-refractivity contribution in [2.75, 3.05) is 26.2 Å². The molecule has 5 nitrogen and oxygen atoms in total. The molecule has 1 aromatic rings. The number of amides is 2. The van der Waals surface area contributed by atoms with Gasteiger partial charge in [0.1, 0.15) is 6.04 Å². The minimum absolute atomic E-state index is 0. The van der Waals surface area contributed by atoms with Crippen LogP contribution in [0.3, 0.4) is 0 Å². The zero-order valence-corrected chi connectivity index (χ0v) is 15.5. The van der Waals surface area contributed by atoms with Gasteiger partial charge in [0.25, 0.3) is 5.91 Å². The molecule has 2 rings (SSSR count). The molecule has 2 N–H and O–H groups in total. The van der Waals surface area contributed by atoms with Crippen LogP contribution in [0.2, 0.25) is 0 Å². The molecule has 2 amide bonds. The van der Waals surface area contributed by atoms with Crippen LogP contribution in [0.5, 0.6) is 0 Å². The number of aryl methyl sites for hydroxylation is 1. The Hall–Kier alpha value is -1.59. The van der Waals surface area contributed by atoms with E-state index in [-0.39, 0.29) is 30.1 Å². The Balaban J connectivity index is 0.00000288. The molecule has 0 saturated carbocycles. The highest BCUT2D eigenvalue weighted by atomic mass is 35.5. The van der Waals surface area contributed by atoms with E-state index in [2.05, 4.69) is 10.6 Å². The number of nitrogens with zero attached hydrogens (tertiary/aromatic N) is 1. The van der Waals surface area contributed by atoms with Gasteiger partial charge in [0.2, 0.25) is 5.91 Å². The number of hydrogen-bond acceptors (Lipinski definition) is 3. The lowest BCUT2D eigenvalue weighted by Gasteiger charge is -2.29. The van der Waals surface area contributed by atoms with Crippen LogP contribution < -0.4 is 10.6 Å². The van der Waals surface area contributed by atoms with E-state index in [1.165, 1.54) is 0 Å². The maximum Gasteiger partial charge on any atom is 0.252 e. The summed E-state index contributed by atoms with van der Waals surface area (Å²) in [6, 6.07) is 6.96. The summed E-state index contributed by atoms with van der Waals surface area (Å²) in [6.45, 7) is 9.03. The second kappa shape index (κ2) is 9.64. The Kier molecular flexibility index (Phi) is 8.22. The molecular formula is C18H28ClN3O2. The van der Waals surface area contributed by atoms with Crippen molar-refractivity contribution >= 4 is 24.2 Å². The van der Waals surface area contributed by atoms with E-state index in [9.17, 15) is 9.59 Å². The summed E-state index contributed by atoms with van der Waals surface area (Å²) in [5.41, 5.74) is 1.54. The van der Waals surface area contributed by atoms with Gasteiger partial charge >= 0.3 is 0 Å². The second-order valence-corrected chi connectivity index (χ2v) is 6.44. The summed E-state index contributed by atoms with van der Waals surface area (Å²) in [7, 11) is 0. The Labute approximate surface area is 150 Å². The molecular weight excluding hydrogens is 326 g/mol. The van der Waals surface area contributed by atoms with Crippen molar-refractivity contribution in [3.63, 3.8) is 0 Å². The van der Waals surface area contributed by atoms with Gasteiger partial charge in [-0.1, -0.05) is 32.0 Å². The highest BCUT2D eigenvalue weighted by Gasteiger charge is 2.29. The predicted octanol–water partition coefficient (Wildman–Crippen LogP) is 1.99. The van der Waals surface area contributed by atoms with Crippen molar-refractivity contribution in [1.29, 1.82) is 0 Å². The molecule has 0 spiro atoms. The molecule has 1 aromatic carbocycles. The summed E-state index contributed by atoms with van der Waals surface area (Å²) in [5.74, 6) is -0.111. The third-order valence-corrected chi connectivity index (χ3v) is 4.26. The molecule has 1 unspecified atom stereocenters. The van der Waals surface area contributed by atoms with Crippen molar-refractivity contribution in [3.05, 3.63) is 35.4 Å². The van der Waals surface area contributed by atoms with Gasteiger partial charge in [-0.3, -0.25) is 9.59 Å². The molecule has 0 aromatic heterocycles. The number of nitrogens with one attached hydrogen (secondary N) is 2. The standard InChI is InChI=1S/C18H27N3O2.ClH/c1-13(2)16(18(23)21-11-6-9-19-10-12-21)20-17(22)15-8-5-4-7-14(15)3;/h4-5,7-8,13,16,19H,6,9-12H2,1-3H3,(H,20,22);1H.